The van der Waals surface area contributed by atoms with Crippen LogP contribution in [0.1, 0.15) is 16.8 Å². The number of aromatic nitrogens is 1. The summed E-state index contributed by atoms with van der Waals surface area (Å²) in [6, 6.07) is 13.2. The van der Waals surface area contributed by atoms with E-state index in [4.69, 9.17) is 4.74 Å². The average Bonchev–Trinajstić information content (AvgIpc) is 2.77. The first-order chi connectivity index (χ1) is 14.2. The van der Waals surface area contributed by atoms with Crippen LogP contribution in [0.3, 0.4) is 0 Å². The number of methoxy groups -OCH3 is 1. The molecule has 1 amide bonds. The Morgan fingerprint density at radius 1 is 1.34 bits per heavy atom. The van der Waals surface area contributed by atoms with E-state index in [2.05, 4.69) is 15.2 Å². The summed E-state index contributed by atoms with van der Waals surface area (Å²) in [4.78, 5) is 19.0. The first-order valence-corrected chi connectivity index (χ1v) is 10.6. The topological polar surface area (TPSA) is 78.2 Å². The van der Waals surface area contributed by atoms with Gasteiger partial charge in [-0.3, -0.25) is 14.7 Å². The molecular weight excluding hydrogens is 384 g/mol. The third kappa shape index (κ3) is 6.08. The second-order valence-corrected chi connectivity index (χ2v) is 7.86. The lowest BCUT2D eigenvalue weighted by molar-refractivity contribution is -0.117. The summed E-state index contributed by atoms with van der Waals surface area (Å²) < 4.78 is 5.50. The Morgan fingerprint density at radius 3 is 2.86 bits per heavy atom. The summed E-state index contributed by atoms with van der Waals surface area (Å²) in [6.07, 6.45) is 3.28. The minimum absolute atomic E-state index is 0.0615. The second kappa shape index (κ2) is 10.6. The first-order valence-electron chi connectivity index (χ1n) is 9.46. The van der Waals surface area contributed by atoms with Crippen molar-refractivity contribution in [2.45, 2.75) is 13.1 Å². The summed E-state index contributed by atoms with van der Waals surface area (Å²) in [5.41, 5.74) is 2.66. The van der Waals surface area contributed by atoms with Gasteiger partial charge in [0.2, 0.25) is 0 Å². The lowest BCUT2D eigenvalue weighted by atomic mass is 10.1. The maximum Gasteiger partial charge on any atom is 0.262 e. The zero-order valence-electron chi connectivity index (χ0n) is 16.4. The summed E-state index contributed by atoms with van der Waals surface area (Å²) in [5, 5.41) is 12.2. The van der Waals surface area contributed by atoms with Crippen LogP contribution in [0.4, 0.5) is 0 Å². The molecule has 2 aromatic rings. The molecule has 7 heteroatoms. The molecule has 0 radical (unpaired) electrons. The number of nitrogens with one attached hydrogen (secondary N) is 1. The van der Waals surface area contributed by atoms with Crippen molar-refractivity contribution in [2.24, 2.45) is 0 Å². The number of amides is 1. The quantitative estimate of drug-likeness (QED) is 0.561. The maximum atomic E-state index is 12.4. The van der Waals surface area contributed by atoms with Crippen LogP contribution in [0.2, 0.25) is 0 Å². The Morgan fingerprint density at radius 2 is 2.17 bits per heavy atom. The molecule has 0 saturated carbocycles. The maximum absolute atomic E-state index is 12.4. The average molecular weight is 409 g/mol. The van der Waals surface area contributed by atoms with Crippen molar-refractivity contribution < 1.29 is 9.53 Å². The number of benzene rings is 1. The van der Waals surface area contributed by atoms with Gasteiger partial charge in [-0.25, -0.2) is 0 Å². The van der Waals surface area contributed by atoms with Gasteiger partial charge in [0.05, 0.1) is 19.3 Å². The summed E-state index contributed by atoms with van der Waals surface area (Å²) in [5.74, 6) is 2.68. The molecule has 1 saturated heterocycles. The van der Waals surface area contributed by atoms with E-state index >= 15 is 0 Å². The minimum atomic E-state index is -0.413. The number of hydrogen-bond acceptors (Lipinski definition) is 6. The smallest absolute Gasteiger partial charge is 0.262 e. The van der Waals surface area contributed by atoms with E-state index in [9.17, 15) is 10.1 Å². The van der Waals surface area contributed by atoms with Gasteiger partial charge in [-0.15, -0.1) is 0 Å². The summed E-state index contributed by atoms with van der Waals surface area (Å²) >= 11 is 1.97. The Kier molecular flexibility index (Phi) is 7.68. The van der Waals surface area contributed by atoms with E-state index in [0.29, 0.717) is 0 Å². The summed E-state index contributed by atoms with van der Waals surface area (Å²) in [6.45, 7) is 3.17. The monoisotopic (exact) mass is 408 g/mol. The number of carbonyl (C=O) groups is 1. The van der Waals surface area contributed by atoms with Gasteiger partial charge in [-0.05, 0) is 35.9 Å². The predicted octanol–water partition coefficient (Wildman–Crippen LogP) is 2.86. The van der Waals surface area contributed by atoms with Crippen molar-refractivity contribution in [3.8, 4) is 11.8 Å². The van der Waals surface area contributed by atoms with Crippen LogP contribution in [0.25, 0.3) is 6.08 Å². The molecule has 150 valence electrons. The zero-order chi connectivity index (χ0) is 20.5. The van der Waals surface area contributed by atoms with Crippen LogP contribution in [0.5, 0.6) is 5.75 Å². The van der Waals surface area contributed by atoms with Crippen LogP contribution in [-0.4, -0.2) is 47.5 Å². The van der Waals surface area contributed by atoms with Gasteiger partial charge >= 0.3 is 0 Å². The largest absolute Gasteiger partial charge is 0.496 e. The Balaban J connectivity index is 1.73. The fourth-order valence-electron chi connectivity index (χ4n) is 3.10. The Labute approximate surface area is 175 Å². The highest BCUT2D eigenvalue weighted by Crippen LogP contribution is 2.24. The lowest BCUT2D eigenvalue weighted by Gasteiger charge is -2.26. The van der Waals surface area contributed by atoms with E-state index in [-0.39, 0.29) is 12.1 Å². The lowest BCUT2D eigenvalue weighted by Crippen LogP contribution is -2.32. The highest BCUT2D eigenvalue weighted by atomic mass is 32.2. The van der Waals surface area contributed by atoms with Crippen LogP contribution >= 0.6 is 11.8 Å². The second-order valence-electron chi connectivity index (χ2n) is 6.63. The number of pyridine rings is 1. The number of ether oxygens (including phenoxy) is 1. The zero-order valence-corrected chi connectivity index (χ0v) is 17.2. The SMILES string of the molecule is COc1ccc(C=C(C#N)C(=O)NCc2ccccn2)cc1CN1CCSCC1. The van der Waals surface area contributed by atoms with Gasteiger partial charge in [0.1, 0.15) is 17.4 Å². The molecule has 1 aliphatic rings. The molecule has 1 aromatic heterocycles. The normalized spacial score (nSPS) is 14.8. The van der Waals surface area contributed by atoms with Gasteiger partial charge < -0.3 is 10.1 Å². The van der Waals surface area contributed by atoms with E-state index in [1.54, 1.807) is 19.4 Å². The van der Waals surface area contributed by atoms with E-state index < -0.39 is 5.91 Å². The molecule has 0 bridgehead atoms. The number of nitrogens with zero attached hydrogens (tertiary/aromatic N) is 3. The molecule has 1 N–H and O–H groups in total. The van der Waals surface area contributed by atoms with Crippen LogP contribution < -0.4 is 10.1 Å². The molecule has 0 atom stereocenters. The van der Waals surface area contributed by atoms with Crippen molar-refractivity contribution in [1.82, 2.24) is 15.2 Å². The molecular formula is C22H24N4O2S. The van der Waals surface area contributed by atoms with Crippen LogP contribution in [0, 0.1) is 11.3 Å². The highest BCUT2D eigenvalue weighted by Gasteiger charge is 2.14. The molecule has 1 fully saturated rings. The van der Waals surface area contributed by atoms with Crippen molar-refractivity contribution in [2.75, 3.05) is 31.7 Å². The van der Waals surface area contributed by atoms with Gasteiger partial charge in [-0.2, -0.15) is 17.0 Å². The third-order valence-corrected chi connectivity index (χ3v) is 5.58. The number of carbonyl (C=O) groups excluding carboxylic acids is 1. The molecule has 2 heterocycles. The number of rotatable bonds is 7. The molecule has 0 aliphatic carbocycles. The summed E-state index contributed by atoms with van der Waals surface area (Å²) in [7, 11) is 1.66. The predicted molar refractivity (Wildman–Crippen MR) is 115 cm³/mol. The Hall–Kier alpha value is -2.82. The van der Waals surface area contributed by atoms with Crippen molar-refractivity contribution >= 4 is 23.7 Å². The van der Waals surface area contributed by atoms with Crippen molar-refractivity contribution in [3.05, 3.63) is 65.0 Å². The van der Waals surface area contributed by atoms with E-state index in [0.717, 1.165) is 53.7 Å². The van der Waals surface area contributed by atoms with Gasteiger partial charge in [0.15, 0.2) is 0 Å². The standard InChI is InChI=1S/C22H24N4O2S/c1-28-21-6-5-17(13-19(21)16-26-8-10-29-11-9-26)12-18(14-23)22(27)25-15-20-4-2-3-7-24-20/h2-7,12-13H,8-11,15-16H2,1H3,(H,25,27). The minimum Gasteiger partial charge on any atom is -0.496 e. The fourth-order valence-corrected chi connectivity index (χ4v) is 4.07. The number of hydrogen-bond donors (Lipinski definition) is 1. The molecule has 1 aromatic carbocycles. The number of thioether (sulfide) groups is 1. The molecule has 6 nitrogen and oxygen atoms in total. The Bertz CT molecular complexity index is 903. The van der Waals surface area contributed by atoms with Gasteiger partial charge in [0.25, 0.3) is 5.91 Å². The molecule has 29 heavy (non-hydrogen) atoms. The fraction of sp³-hybridized carbons (Fsp3) is 0.318. The molecule has 0 spiro atoms. The van der Waals surface area contributed by atoms with Crippen LogP contribution in [-0.2, 0) is 17.9 Å². The van der Waals surface area contributed by atoms with Crippen molar-refractivity contribution in [1.29, 1.82) is 5.26 Å². The molecule has 0 unspecified atom stereocenters. The third-order valence-electron chi connectivity index (χ3n) is 4.63. The first kappa shape index (κ1) is 20.9. The van der Waals surface area contributed by atoms with Crippen LogP contribution in [0.15, 0.2) is 48.2 Å². The van der Waals surface area contributed by atoms with Gasteiger partial charge in [-0.1, -0.05) is 12.1 Å². The molecule has 1 aliphatic heterocycles. The highest BCUT2D eigenvalue weighted by molar-refractivity contribution is 7.99. The van der Waals surface area contributed by atoms with E-state index in [1.807, 2.05) is 54.2 Å². The molecule has 3 rings (SSSR count). The number of nitriles is 1. The van der Waals surface area contributed by atoms with Gasteiger partial charge in [0, 0.05) is 42.9 Å². The van der Waals surface area contributed by atoms with E-state index in [1.165, 1.54) is 0 Å². The van der Waals surface area contributed by atoms with Crippen molar-refractivity contribution in [3.63, 3.8) is 0 Å².